The molecule has 0 unspecified atom stereocenters. The Bertz CT molecular complexity index is 647. The summed E-state index contributed by atoms with van der Waals surface area (Å²) in [5, 5.41) is 0. The third kappa shape index (κ3) is 5.92. The molecule has 2 fully saturated rings. The summed E-state index contributed by atoms with van der Waals surface area (Å²) in [6.45, 7) is 4.19. The van der Waals surface area contributed by atoms with E-state index >= 15 is 0 Å². The van der Waals surface area contributed by atoms with Gasteiger partial charge in [-0.05, 0) is 106 Å². The van der Waals surface area contributed by atoms with Crippen molar-refractivity contribution in [1.29, 1.82) is 0 Å². The van der Waals surface area contributed by atoms with Crippen molar-refractivity contribution >= 4 is 0 Å². The number of rotatable bonds is 8. The molecule has 162 valence electrons. The molecule has 0 nitrogen and oxygen atoms in total. The second-order valence-corrected chi connectivity index (χ2v) is 9.58. The molecule has 0 atom stereocenters. The zero-order chi connectivity index (χ0) is 20.6. The van der Waals surface area contributed by atoms with E-state index in [1.54, 1.807) is 0 Å². The van der Waals surface area contributed by atoms with Crippen LogP contribution in [0.3, 0.4) is 0 Å². The summed E-state index contributed by atoms with van der Waals surface area (Å²) in [5.74, 6) is 1.64. The smallest absolute Gasteiger partial charge is 0.162 e. The van der Waals surface area contributed by atoms with Crippen LogP contribution in [0.15, 0.2) is 24.3 Å². The molecule has 0 aromatic heterocycles. The number of hydrogen-bond acceptors (Lipinski definition) is 0. The summed E-state index contributed by atoms with van der Waals surface area (Å²) in [6, 6.07) is 3.72. The Hall–Kier alpha value is -1.18. The van der Waals surface area contributed by atoms with Gasteiger partial charge in [0, 0.05) is 0 Å². The first-order valence-electron chi connectivity index (χ1n) is 12.2. The van der Waals surface area contributed by atoms with Gasteiger partial charge in [-0.3, -0.25) is 0 Å². The van der Waals surface area contributed by atoms with Crippen molar-refractivity contribution in [1.82, 2.24) is 0 Å². The predicted molar refractivity (Wildman–Crippen MR) is 119 cm³/mol. The molecule has 0 radical (unpaired) electrons. The molecule has 2 aliphatic rings. The molecule has 0 aliphatic heterocycles. The van der Waals surface area contributed by atoms with E-state index in [4.69, 9.17) is 0 Å². The minimum absolute atomic E-state index is 0.207. The maximum atomic E-state index is 14.7. The molecule has 2 heteroatoms. The highest BCUT2D eigenvalue weighted by molar-refractivity contribution is 5.29. The van der Waals surface area contributed by atoms with Gasteiger partial charge in [0.05, 0.1) is 0 Å². The maximum Gasteiger partial charge on any atom is 0.162 e. The second kappa shape index (κ2) is 11.3. The van der Waals surface area contributed by atoms with Crippen molar-refractivity contribution in [3.63, 3.8) is 0 Å². The molecule has 0 heterocycles. The zero-order valence-corrected chi connectivity index (χ0v) is 18.6. The fourth-order valence-corrected chi connectivity index (χ4v) is 5.83. The first-order chi connectivity index (χ1) is 14.1. The molecule has 2 saturated carbocycles. The van der Waals surface area contributed by atoms with E-state index in [1.807, 2.05) is 12.1 Å². The number of benzene rings is 1. The third-order valence-electron chi connectivity index (χ3n) is 7.74. The molecular formula is C27H40F2. The number of halogens is 2. The van der Waals surface area contributed by atoms with E-state index in [-0.39, 0.29) is 5.92 Å². The molecular weight excluding hydrogens is 362 g/mol. The lowest BCUT2D eigenvalue weighted by molar-refractivity contribution is 0.156. The first kappa shape index (κ1) is 22.5. The van der Waals surface area contributed by atoms with Crippen molar-refractivity contribution in [3.05, 3.63) is 47.0 Å². The second-order valence-electron chi connectivity index (χ2n) is 9.58. The van der Waals surface area contributed by atoms with Crippen molar-refractivity contribution in [2.24, 2.45) is 17.8 Å². The average molecular weight is 403 g/mol. The van der Waals surface area contributed by atoms with Gasteiger partial charge in [-0.2, -0.15) is 0 Å². The summed E-state index contributed by atoms with van der Waals surface area (Å²) < 4.78 is 29.2. The normalized spacial score (nSPS) is 28.1. The number of unbranched alkanes of at least 4 members (excludes halogenated alkanes) is 1. The monoisotopic (exact) mass is 402 g/mol. The van der Waals surface area contributed by atoms with Crippen LogP contribution >= 0.6 is 0 Å². The van der Waals surface area contributed by atoms with Crippen LogP contribution in [0.1, 0.15) is 108 Å². The van der Waals surface area contributed by atoms with Crippen molar-refractivity contribution < 1.29 is 8.78 Å². The van der Waals surface area contributed by atoms with Gasteiger partial charge in [0.25, 0.3) is 0 Å². The van der Waals surface area contributed by atoms with Gasteiger partial charge in [-0.1, -0.05) is 50.5 Å². The molecule has 1 aromatic carbocycles. The van der Waals surface area contributed by atoms with E-state index in [1.165, 1.54) is 51.4 Å². The van der Waals surface area contributed by atoms with E-state index in [0.717, 1.165) is 43.4 Å². The highest BCUT2D eigenvalue weighted by Gasteiger charge is 2.32. The summed E-state index contributed by atoms with van der Waals surface area (Å²) in [5.41, 5.74) is 1.18. The lowest BCUT2D eigenvalue weighted by Gasteiger charge is -2.38. The SMILES string of the molecule is C/C=C/CCC1CCC(C2CCC(c3ccc(CCCC)c(F)c3F)CC2)CC1. The third-order valence-corrected chi connectivity index (χ3v) is 7.74. The quantitative estimate of drug-likeness (QED) is 0.381. The number of aryl methyl sites for hydroxylation is 1. The highest BCUT2D eigenvalue weighted by Crippen LogP contribution is 2.45. The van der Waals surface area contributed by atoms with Gasteiger partial charge in [-0.25, -0.2) is 8.78 Å². The molecule has 3 rings (SSSR count). The van der Waals surface area contributed by atoms with Crippen LogP contribution in [0.2, 0.25) is 0 Å². The van der Waals surface area contributed by atoms with Crippen molar-refractivity contribution in [2.45, 2.75) is 103 Å². The summed E-state index contributed by atoms with van der Waals surface area (Å²) in [7, 11) is 0. The molecule has 2 aliphatic carbocycles. The lowest BCUT2D eigenvalue weighted by atomic mass is 9.68. The van der Waals surface area contributed by atoms with Gasteiger partial charge in [0.15, 0.2) is 11.6 Å². The van der Waals surface area contributed by atoms with Crippen LogP contribution in [0, 0.1) is 29.4 Å². The summed E-state index contributed by atoms with van der Waals surface area (Å²) in [6.07, 6.45) is 19.6. The Morgan fingerprint density at radius 3 is 2.17 bits per heavy atom. The highest BCUT2D eigenvalue weighted by atomic mass is 19.2. The van der Waals surface area contributed by atoms with Crippen LogP contribution < -0.4 is 0 Å². The van der Waals surface area contributed by atoms with E-state index in [0.29, 0.717) is 17.5 Å². The van der Waals surface area contributed by atoms with Crippen LogP contribution in [-0.2, 0) is 6.42 Å². The molecule has 0 N–H and O–H groups in total. The molecule has 0 saturated heterocycles. The van der Waals surface area contributed by atoms with E-state index in [2.05, 4.69) is 26.0 Å². The Labute approximate surface area is 177 Å². The van der Waals surface area contributed by atoms with Gasteiger partial charge < -0.3 is 0 Å². The summed E-state index contributed by atoms with van der Waals surface area (Å²) >= 11 is 0. The summed E-state index contributed by atoms with van der Waals surface area (Å²) in [4.78, 5) is 0. The van der Waals surface area contributed by atoms with Gasteiger partial charge in [0.2, 0.25) is 0 Å². The minimum Gasteiger partial charge on any atom is -0.203 e. The first-order valence-corrected chi connectivity index (χ1v) is 12.2. The minimum atomic E-state index is -0.589. The van der Waals surface area contributed by atoms with Crippen LogP contribution in [0.4, 0.5) is 8.78 Å². The van der Waals surface area contributed by atoms with Gasteiger partial charge in [0.1, 0.15) is 0 Å². The fourth-order valence-electron chi connectivity index (χ4n) is 5.83. The Morgan fingerprint density at radius 1 is 0.897 bits per heavy atom. The number of allylic oxidation sites excluding steroid dienone is 2. The molecule has 29 heavy (non-hydrogen) atoms. The molecule has 0 amide bonds. The van der Waals surface area contributed by atoms with Crippen LogP contribution in [-0.4, -0.2) is 0 Å². The van der Waals surface area contributed by atoms with Crippen molar-refractivity contribution in [3.8, 4) is 0 Å². The number of hydrogen-bond donors (Lipinski definition) is 0. The van der Waals surface area contributed by atoms with E-state index < -0.39 is 11.6 Å². The fraction of sp³-hybridized carbons (Fsp3) is 0.704. The van der Waals surface area contributed by atoms with Crippen LogP contribution in [0.5, 0.6) is 0 Å². The van der Waals surface area contributed by atoms with Crippen molar-refractivity contribution in [2.75, 3.05) is 0 Å². The Balaban J connectivity index is 1.49. The maximum absolute atomic E-state index is 14.7. The molecule has 0 bridgehead atoms. The Morgan fingerprint density at radius 2 is 1.55 bits per heavy atom. The molecule has 1 aromatic rings. The Kier molecular flexibility index (Phi) is 8.75. The van der Waals surface area contributed by atoms with E-state index in [9.17, 15) is 8.78 Å². The zero-order valence-electron chi connectivity index (χ0n) is 18.6. The average Bonchev–Trinajstić information content (AvgIpc) is 2.76. The standard InChI is InChI=1S/C27H40F2/c1-3-5-7-8-20-10-12-21(13-11-20)22-14-16-23(17-15-22)25-19-18-24(9-6-4-2)26(28)27(25)29/h3,5,18-23H,4,6-17H2,1-2H3/b5-3+. The topological polar surface area (TPSA) is 0 Å². The van der Waals surface area contributed by atoms with Crippen LogP contribution in [0.25, 0.3) is 0 Å². The lowest BCUT2D eigenvalue weighted by Crippen LogP contribution is -2.25. The largest absolute Gasteiger partial charge is 0.203 e. The van der Waals surface area contributed by atoms with Gasteiger partial charge >= 0.3 is 0 Å². The predicted octanol–water partition coefficient (Wildman–Crippen LogP) is 8.74. The van der Waals surface area contributed by atoms with Gasteiger partial charge in [-0.15, -0.1) is 0 Å². The molecule has 0 spiro atoms.